The molecule has 3 aromatic carbocycles. The Labute approximate surface area is 199 Å². The number of aliphatic hydroxyl groups excluding tert-OH is 1. The van der Waals surface area contributed by atoms with Crippen LogP contribution in [0.25, 0.3) is 21.8 Å². The molecule has 9 nitrogen and oxygen atoms in total. The number of carbonyl (C=O) groups excluding carboxylic acids is 3. The van der Waals surface area contributed by atoms with Gasteiger partial charge in [-0.25, -0.2) is 0 Å². The topological polar surface area (TPSA) is 124 Å². The quantitative estimate of drug-likeness (QED) is 0.321. The van der Waals surface area contributed by atoms with Crippen LogP contribution >= 0.6 is 0 Å². The van der Waals surface area contributed by atoms with E-state index in [0.717, 1.165) is 32.8 Å². The molecule has 1 aromatic heterocycles. The zero-order valence-corrected chi connectivity index (χ0v) is 18.8. The molecule has 1 aliphatic rings. The lowest BCUT2D eigenvalue weighted by atomic mass is 10.1. The second kappa shape index (κ2) is 8.62. The van der Waals surface area contributed by atoms with Gasteiger partial charge in [-0.2, -0.15) is 0 Å². The summed E-state index contributed by atoms with van der Waals surface area (Å²) in [6.45, 7) is -0.441. The fourth-order valence-corrected chi connectivity index (χ4v) is 4.32. The van der Waals surface area contributed by atoms with Crippen molar-refractivity contribution in [2.24, 2.45) is 7.05 Å². The van der Waals surface area contributed by atoms with Crippen molar-refractivity contribution in [3.8, 4) is 5.75 Å². The SMILES string of the molecule is Cn1c2ccccc2c2cc(C(=O)Nc3ccccc3NC3=CC(=O)N(CCO)C3=O)c(O)cc21. The molecular formula is C26H22N4O5. The summed E-state index contributed by atoms with van der Waals surface area (Å²) in [6.07, 6.45) is 1.15. The Morgan fingerprint density at radius 1 is 0.943 bits per heavy atom. The Bertz CT molecular complexity index is 1550. The molecule has 2 heterocycles. The maximum atomic E-state index is 13.2. The molecule has 176 valence electrons. The van der Waals surface area contributed by atoms with Gasteiger partial charge in [0, 0.05) is 35.5 Å². The number of aliphatic hydroxyl groups is 1. The number of amides is 3. The number of aromatic hydroxyl groups is 1. The highest BCUT2D eigenvalue weighted by Crippen LogP contribution is 2.34. The highest BCUT2D eigenvalue weighted by atomic mass is 16.3. The van der Waals surface area contributed by atoms with E-state index < -0.39 is 17.7 Å². The van der Waals surface area contributed by atoms with E-state index >= 15 is 0 Å². The number of phenolic OH excluding ortho intramolecular Hbond substituents is 1. The Morgan fingerprint density at radius 3 is 2.43 bits per heavy atom. The van der Waals surface area contributed by atoms with Gasteiger partial charge in [0.2, 0.25) is 0 Å². The number of nitrogens with zero attached hydrogens (tertiary/aromatic N) is 2. The minimum atomic E-state index is -0.566. The first-order valence-corrected chi connectivity index (χ1v) is 10.9. The molecule has 4 aromatic rings. The van der Waals surface area contributed by atoms with Crippen molar-refractivity contribution in [2.75, 3.05) is 23.8 Å². The predicted octanol–water partition coefficient (Wildman–Crippen LogP) is 2.95. The second-order valence-corrected chi connectivity index (χ2v) is 8.16. The van der Waals surface area contributed by atoms with E-state index in [9.17, 15) is 19.5 Å². The van der Waals surface area contributed by atoms with Gasteiger partial charge < -0.3 is 25.4 Å². The molecule has 4 N–H and O–H groups in total. The molecule has 0 aliphatic carbocycles. The predicted molar refractivity (Wildman–Crippen MR) is 132 cm³/mol. The van der Waals surface area contributed by atoms with Gasteiger partial charge in [0.25, 0.3) is 17.7 Å². The molecule has 0 unspecified atom stereocenters. The van der Waals surface area contributed by atoms with Crippen LogP contribution in [0, 0.1) is 0 Å². The van der Waals surface area contributed by atoms with E-state index in [0.29, 0.717) is 11.4 Å². The highest BCUT2D eigenvalue weighted by Gasteiger charge is 2.31. The zero-order chi connectivity index (χ0) is 24.7. The molecule has 0 saturated carbocycles. The minimum Gasteiger partial charge on any atom is -0.507 e. The molecule has 0 fully saturated rings. The van der Waals surface area contributed by atoms with Crippen molar-refractivity contribution in [2.45, 2.75) is 0 Å². The van der Waals surface area contributed by atoms with Crippen molar-refractivity contribution < 1.29 is 24.6 Å². The largest absolute Gasteiger partial charge is 0.507 e. The van der Waals surface area contributed by atoms with Crippen LogP contribution in [0.1, 0.15) is 10.4 Å². The first-order valence-electron chi connectivity index (χ1n) is 10.9. The van der Waals surface area contributed by atoms with Crippen molar-refractivity contribution in [3.05, 3.63) is 78.0 Å². The smallest absolute Gasteiger partial charge is 0.277 e. The Hall–Kier alpha value is -4.63. The van der Waals surface area contributed by atoms with Gasteiger partial charge in [-0.15, -0.1) is 0 Å². The van der Waals surface area contributed by atoms with Crippen LogP contribution < -0.4 is 10.6 Å². The summed E-state index contributed by atoms with van der Waals surface area (Å²) in [4.78, 5) is 38.6. The molecule has 0 bridgehead atoms. The molecule has 0 saturated heterocycles. The van der Waals surface area contributed by atoms with Gasteiger partial charge in [0.15, 0.2) is 0 Å². The number of hydrogen-bond donors (Lipinski definition) is 4. The first kappa shape index (κ1) is 22.2. The summed E-state index contributed by atoms with van der Waals surface area (Å²) in [6, 6.07) is 17.7. The molecule has 9 heteroatoms. The minimum absolute atomic E-state index is 0.0326. The monoisotopic (exact) mass is 470 g/mol. The molecule has 1 aliphatic heterocycles. The molecule has 35 heavy (non-hydrogen) atoms. The standard InChI is InChI=1S/C26H22N4O5/c1-29-21-9-5-2-6-15(21)16-12-17(23(32)14-22(16)29)25(34)28-19-8-4-3-7-18(19)27-20-13-24(33)30(10-11-31)26(20)35/h2-9,12-14,27,31-32H,10-11H2,1H3,(H,28,34). The number of aromatic nitrogens is 1. The van der Waals surface area contributed by atoms with E-state index in [1.54, 1.807) is 36.4 Å². The van der Waals surface area contributed by atoms with Crippen molar-refractivity contribution in [1.82, 2.24) is 9.47 Å². The fraction of sp³-hybridized carbons (Fsp3) is 0.115. The van der Waals surface area contributed by atoms with Crippen LogP contribution in [0.15, 0.2) is 72.4 Å². The Morgan fingerprint density at radius 2 is 1.66 bits per heavy atom. The number of β-amino-alcohol motifs (C(OH)–C–C–N with tert-alkyl or cyclic N) is 1. The lowest BCUT2D eigenvalue weighted by Gasteiger charge is -2.16. The van der Waals surface area contributed by atoms with Crippen LogP contribution in [0.5, 0.6) is 5.75 Å². The number of hydrogen-bond acceptors (Lipinski definition) is 6. The third-order valence-electron chi connectivity index (χ3n) is 6.05. The zero-order valence-electron chi connectivity index (χ0n) is 18.8. The van der Waals surface area contributed by atoms with Gasteiger partial charge >= 0.3 is 0 Å². The fourth-order valence-electron chi connectivity index (χ4n) is 4.32. The van der Waals surface area contributed by atoms with Crippen molar-refractivity contribution in [1.29, 1.82) is 0 Å². The summed E-state index contributed by atoms with van der Waals surface area (Å²) < 4.78 is 1.96. The van der Waals surface area contributed by atoms with Gasteiger partial charge in [0.05, 0.1) is 35.6 Å². The van der Waals surface area contributed by atoms with E-state index in [1.807, 2.05) is 35.9 Å². The lowest BCUT2D eigenvalue weighted by molar-refractivity contribution is -0.137. The summed E-state index contributed by atoms with van der Waals surface area (Å²) in [5.41, 5.74) is 2.66. The number of anilines is 2. The van der Waals surface area contributed by atoms with E-state index in [1.165, 1.54) is 0 Å². The van der Waals surface area contributed by atoms with Gasteiger partial charge in [0.1, 0.15) is 11.4 Å². The van der Waals surface area contributed by atoms with Crippen molar-refractivity contribution >= 4 is 50.9 Å². The van der Waals surface area contributed by atoms with Crippen LogP contribution in [0.3, 0.4) is 0 Å². The number of nitrogens with one attached hydrogen (secondary N) is 2. The molecule has 3 amide bonds. The average molecular weight is 470 g/mol. The normalized spacial score (nSPS) is 13.5. The molecule has 0 atom stereocenters. The number of aryl methyl sites for hydroxylation is 1. The average Bonchev–Trinajstić information content (AvgIpc) is 3.28. The maximum absolute atomic E-state index is 13.2. The van der Waals surface area contributed by atoms with Crippen LogP contribution in [-0.2, 0) is 16.6 Å². The number of phenols is 1. The Kier molecular flexibility index (Phi) is 5.46. The summed E-state index contributed by atoms with van der Waals surface area (Å²) in [5, 5.41) is 27.2. The number of benzene rings is 3. The number of carbonyl (C=O) groups is 3. The number of imide groups is 1. The molecular weight excluding hydrogens is 448 g/mol. The lowest BCUT2D eigenvalue weighted by Crippen LogP contribution is -2.34. The molecule has 5 rings (SSSR count). The second-order valence-electron chi connectivity index (χ2n) is 8.16. The first-order chi connectivity index (χ1) is 16.9. The van der Waals surface area contributed by atoms with Crippen molar-refractivity contribution in [3.63, 3.8) is 0 Å². The maximum Gasteiger partial charge on any atom is 0.277 e. The third-order valence-corrected chi connectivity index (χ3v) is 6.05. The molecule has 0 radical (unpaired) electrons. The van der Waals surface area contributed by atoms with E-state index in [2.05, 4.69) is 10.6 Å². The van der Waals surface area contributed by atoms with Gasteiger partial charge in [-0.05, 0) is 24.3 Å². The third kappa shape index (κ3) is 3.77. The van der Waals surface area contributed by atoms with Crippen LogP contribution in [-0.4, -0.2) is 50.6 Å². The number of para-hydroxylation sites is 3. The van der Waals surface area contributed by atoms with Gasteiger partial charge in [-0.1, -0.05) is 30.3 Å². The summed E-state index contributed by atoms with van der Waals surface area (Å²) in [5.74, 6) is -1.79. The summed E-state index contributed by atoms with van der Waals surface area (Å²) >= 11 is 0. The Balaban J connectivity index is 1.45. The number of rotatable bonds is 6. The molecule has 0 spiro atoms. The number of fused-ring (bicyclic) bond motifs is 3. The summed E-state index contributed by atoms with van der Waals surface area (Å²) in [7, 11) is 1.90. The van der Waals surface area contributed by atoms with Crippen LogP contribution in [0.2, 0.25) is 0 Å². The van der Waals surface area contributed by atoms with E-state index in [4.69, 9.17) is 5.11 Å². The van der Waals surface area contributed by atoms with Crippen LogP contribution in [0.4, 0.5) is 11.4 Å². The highest BCUT2D eigenvalue weighted by molar-refractivity contribution is 6.18. The van der Waals surface area contributed by atoms with E-state index in [-0.39, 0.29) is 30.2 Å². The van der Waals surface area contributed by atoms with Gasteiger partial charge in [-0.3, -0.25) is 19.3 Å².